The van der Waals surface area contributed by atoms with Gasteiger partial charge in [0.2, 0.25) is 5.91 Å². The molecule has 1 atom stereocenters. The van der Waals surface area contributed by atoms with E-state index in [2.05, 4.69) is 15.1 Å². The van der Waals surface area contributed by atoms with Crippen molar-refractivity contribution in [3.8, 4) is 0 Å². The number of hydrogen-bond acceptors (Lipinski definition) is 4. The van der Waals surface area contributed by atoms with Crippen LogP contribution in [0.5, 0.6) is 0 Å². The number of nitrogens with one attached hydrogen (secondary N) is 1. The molecule has 0 aromatic heterocycles. The van der Waals surface area contributed by atoms with Crippen LogP contribution in [0.25, 0.3) is 0 Å². The van der Waals surface area contributed by atoms with Crippen LogP contribution in [-0.2, 0) is 4.79 Å². The second kappa shape index (κ2) is 5.12. The van der Waals surface area contributed by atoms with Crippen molar-refractivity contribution in [1.82, 2.24) is 15.1 Å². The zero-order chi connectivity index (χ0) is 11.5. The first kappa shape index (κ1) is 11.8. The van der Waals surface area contributed by atoms with Crippen molar-refractivity contribution in [2.45, 2.75) is 25.4 Å². The van der Waals surface area contributed by atoms with Gasteiger partial charge in [-0.05, 0) is 6.42 Å². The van der Waals surface area contributed by atoms with Crippen LogP contribution in [0.2, 0.25) is 0 Å². The highest BCUT2D eigenvalue weighted by Crippen LogP contribution is 2.13. The molecule has 2 fully saturated rings. The minimum atomic E-state index is -0.179. The topological polar surface area (TPSA) is 61.6 Å². The molecular weight excluding hydrogens is 204 g/mol. The Hall–Kier alpha value is -0.650. The maximum Gasteiger partial charge on any atom is 0.234 e. The molecule has 2 aliphatic heterocycles. The van der Waals surface area contributed by atoms with Gasteiger partial charge < -0.3 is 11.1 Å². The molecular formula is C11H22N4O. The lowest BCUT2D eigenvalue weighted by Gasteiger charge is -2.44. The fourth-order valence-corrected chi connectivity index (χ4v) is 2.59. The highest BCUT2D eigenvalue weighted by Gasteiger charge is 2.31. The molecule has 2 aliphatic rings. The molecule has 0 aromatic rings. The van der Waals surface area contributed by atoms with Gasteiger partial charge in [-0.25, -0.2) is 0 Å². The summed E-state index contributed by atoms with van der Waals surface area (Å²) in [6, 6.07) is 0.650. The minimum Gasteiger partial charge on any atom is -0.368 e. The number of nitrogens with zero attached hydrogens (tertiary/aromatic N) is 2. The monoisotopic (exact) mass is 226 g/mol. The van der Waals surface area contributed by atoms with Crippen molar-refractivity contribution in [2.24, 2.45) is 5.73 Å². The minimum absolute atomic E-state index is 0.0679. The van der Waals surface area contributed by atoms with Crippen molar-refractivity contribution < 1.29 is 4.79 Å². The summed E-state index contributed by atoms with van der Waals surface area (Å²) in [5.74, 6) is -0.179. The SMILES string of the molecule is CCC(C(N)=O)N1CCN(C2CNC2)CC1. The van der Waals surface area contributed by atoms with Crippen LogP contribution >= 0.6 is 0 Å². The van der Waals surface area contributed by atoms with Crippen molar-refractivity contribution in [3.63, 3.8) is 0 Å². The second-order valence-electron chi connectivity index (χ2n) is 4.71. The zero-order valence-corrected chi connectivity index (χ0v) is 9.98. The molecule has 2 heterocycles. The highest BCUT2D eigenvalue weighted by molar-refractivity contribution is 5.79. The molecule has 0 radical (unpaired) electrons. The van der Waals surface area contributed by atoms with Gasteiger partial charge in [-0.2, -0.15) is 0 Å². The average molecular weight is 226 g/mol. The molecule has 0 spiro atoms. The predicted molar refractivity (Wildman–Crippen MR) is 63.1 cm³/mol. The highest BCUT2D eigenvalue weighted by atomic mass is 16.1. The van der Waals surface area contributed by atoms with E-state index in [9.17, 15) is 4.79 Å². The Morgan fingerprint density at radius 2 is 2.00 bits per heavy atom. The third kappa shape index (κ3) is 2.36. The van der Waals surface area contributed by atoms with Gasteiger partial charge in [-0.15, -0.1) is 0 Å². The number of carbonyl (C=O) groups is 1. The average Bonchev–Trinajstić information content (AvgIpc) is 2.18. The van der Waals surface area contributed by atoms with E-state index in [-0.39, 0.29) is 11.9 Å². The molecule has 2 saturated heterocycles. The quantitative estimate of drug-likeness (QED) is 0.635. The summed E-state index contributed by atoms with van der Waals surface area (Å²) in [7, 11) is 0. The van der Waals surface area contributed by atoms with Crippen LogP contribution in [0.4, 0.5) is 0 Å². The van der Waals surface area contributed by atoms with Crippen LogP contribution < -0.4 is 11.1 Å². The summed E-state index contributed by atoms with van der Waals surface area (Å²) in [6.07, 6.45) is 0.820. The van der Waals surface area contributed by atoms with E-state index in [0.717, 1.165) is 51.7 Å². The predicted octanol–water partition coefficient (Wildman–Crippen LogP) is -1.16. The van der Waals surface area contributed by atoms with Gasteiger partial charge in [-0.1, -0.05) is 6.92 Å². The molecule has 16 heavy (non-hydrogen) atoms. The summed E-state index contributed by atoms with van der Waals surface area (Å²) in [4.78, 5) is 16.0. The van der Waals surface area contributed by atoms with Crippen molar-refractivity contribution in [2.75, 3.05) is 39.3 Å². The molecule has 5 heteroatoms. The maximum absolute atomic E-state index is 11.3. The number of carbonyl (C=O) groups excluding carboxylic acids is 1. The van der Waals surface area contributed by atoms with Crippen LogP contribution in [-0.4, -0.2) is 67.1 Å². The summed E-state index contributed by atoms with van der Waals surface area (Å²) in [5, 5.41) is 3.29. The van der Waals surface area contributed by atoms with Gasteiger partial charge in [0, 0.05) is 45.3 Å². The third-order valence-electron chi connectivity index (χ3n) is 3.78. The number of piperazine rings is 1. The number of rotatable bonds is 4. The molecule has 0 aromatic carbocycles. The molecule has 92 valence electrons. The van der Waals surface area contributed by atoms with Crippen LogP contribution in [0.3, 0.4) is 0 Å². The van der Waals surface area contributed by atoms with Crippen LogP contribution in [0.1, 0.15) is 13.3 Å². The molecule has 0 saturated carbocycles. The van der Waals surface area contributed by atoms with E-state index in [1.165, 1.54) is 0 Å². The molecule has 5 nitrogen and oxygen atoms in total. The standard InChI is InChI=1S/C11H22N4O/c1-2-10(11(12)16)15-5-3-14(4-6-15)9-7-13-8-9/h9-10,13H,2-8H2,1H3,(H2,12,16). The number of primary amides is 1. The van der Waals surface area contributed by atoms with Crippen molar-refractivity contribution in [1.29, 1.82) is 0 Å². The van der Waals surface area contributed by atoms with Gasteiger partial charge in [0.25, 0.3) is 0 Å². The summed E-state index contributed by atoms with van der Waals surface area (Å²) >= 11 is 0. The van der Waals surface area contributed by atoms with Gasteiger partial charge in [0.15, 0.2) is 0 Å². The summed E-state index contributed by atoms with van der Waals surface area (Å²) < 4.78 is 0. The molecule has 1 unspecified atom stereocenters. The number of hydrogen-bond donors (Lipinski definition) is 2. The lowest BCUT2D eigenvalue weighted by molar-refractivity contribution is -0.124. The number of amides is 1. The Morgan fingerprint density at radius 1 is 1.38 bits per heavy atom. The van der Waals surface area contributed by atoms with E-state index in [4.69, 9.17) is 5.73 Å². The smallest absolute Gasteiger partial charge is 0.234 e. The van der Waals surface area contributed by atoms with Crippen LogP contribution in [0.15, 0.2) is 0 Å². The van der Waals surface area contributed by atoms with E-state index >= 15 is 0 Å². The van der Waals surface area contributed by atoms with E-state index in [1.807, 2.05) is 6.92 Å². The summed E-state index contributed by atoms with van der Waals surface area (Å²) in [5.41, 5.74) is 5.41. The van der Waals surface area contributed by atoms with E-state index in [0.29, 0.717) is 0 Å². The lowest BCUT2D eigenvalue weighted by atomic mass is 10.1. The van der Waals surface area contributed by atoms with E-state index in [1.54, 1.807) is 0 Å². The first-order valence-corrected chi connectivity index (χ1v) is 6.20. The molecule has 3 N–H and O–H groups in total. The zero-order valence-electron chi connectivity index (χ0n) is 9.98. The Labute approximate surface area is 96.9 Å². The Balaban J connectivity index is 1.81. The second-order valence-corrected chi connectivity index (χ2v) is 4.71. The van der Waals surface area contributed by atoms with Crippen LogP contribution in [0, 0.1) is 0 Å². The summed E-state index contributed by atoms with van der Waals surface area (Å²) in [6.45, 7) is 8.33. The fraction of sp³-hybridized carbons (Fsp3) is 0.909. The van der Waals surface area contributed by atoms with Gasteiger partial charge in [0.1, 0.15) is 0 Å². The Morgan fingerprint density at radius 3 is 2.38 bits per heavy atom. The lowest BCUT2D eigenvalue weighted by Crippen LogP contribution is -2.63. The van der Waals surface area contributed by atoms with Crippen molar-refractivity contribution in [3.05, 3.63) is 0 Å². The number of nitrogens with two attached hydrogens (primary N) is 1. The normalized spacial score (nSPS) is 26.3. The van der Waals surface area contributed by atoms with Crippen molar-refractivity contribution >= 4 is 5.91 Å². The fourth-order valence-electron chi connectivity index (χ4n) is 2.59. The van der Waals surface area contributed by atoms with Gasteiger partial charge in [0.05, 0.1) is 6.04 Å². The Kier molecular flexibility index (Phi) is 3.78. The molecule has 2 rings (SSSR count). The Bertz CT molecular complexity index is 246. The first-order chi connectivity index (χ1) is 7.72. The largest absolute Gasteiger partial charge is 0.368 e. The molecule has 0 aliphatic carbocycles. The first-order valence-electron chi connectivity index (χ1n) is 6.20. The van der Waals surface area contributed by atoms with E-state index < -0.39 is 0 Å². The van der Waals surface area contributed by atoms with Gasteiger partial charge in [-0.3, -0.25) is 14.6 Å². The molecule has 0 bridgehead atoms. The van der Waals surface area contributed by atoms with Gasteiger partial charge >= 0.3 is 0 Å². The third-order valence-corrected chi connectivity index (χ3v) is 3.78. The molecule has 1 amide bonds. The maximum atomic E-state index is 11.3.